The van der Waals surface area contributed by atoms with Gasteiger partial charge in [-0.05, 0) is 24.5 Å². The van der Waals surface area contributed by atoms with Crippen LogP contribution in [0.2, 0.25) is 0 Å². The van der Waals surface area contributed by atoms with Crippen molar-refractivity contribution in [1.82, 2.24) is 4.72 Å². The number of aryl methyl sites for hydroxylation is 1. The minimum absolute atomic E-state index is 0.0295. The van der Waals surface area contributed by atoms with E-state index < -0.39 is 16.1 Å². The average molecular weight is 252 g/mol. The number of nitrogens with one attached hydrogen (secondary N) is 1. The van der Waals surface area contributed by atoms with Crippen molar-refractivity contribution < 1.29 is 8.42 Å². The molecule has 0 aliphatic heterocycles. The van der Waals surface area contributed by atoms with Gasteiger partial charge < -0.3 is 0 Å². The van der Waals surface area contributed by atoms with Crippen LogP contribution in [0.5, 0.6) is 0 Å². The lowest BCUT2D eigenvalue weighted by molar-refractivity contribution is 0.576. The molecule has 1 atom stereocenters. The molecule has 0 bridgehead atoms. The van der Waals surface area contributed by atoms with Crippen LogP contribution in [0.4, 0.5) is 0 Å². The van der Waals surface area contributed by atoms with Gasteiger partial charge in [-0.15, -0.1) is 0 Å². The molecule has 0 saturated carbocycles. The SMILES string of the molecule is CCc1ccc(C(C#N)NS(=O)(=O)CC)cc1. The van der Waals surface area contributed by atoms with Crippen molar-refractivity contribution in [3.63, 3.8) is 0 Å². The van der Waals surface area contributed by atoms with E-state index in [9.17, 15) is 8.42 Å². The van der Waals surface area contributed by atoms with Gasteiger partial charge in [-0.2, -0.15) is 9.98 Å². The Morgan fingerprint density at radius 3 is 2.29 bits per heavy atom. The number of hydrogen-bond donors (Lipinski definition) is 1. The van der Waals surface area contributed by atoms with Crippen molar-refractivity contribution in [2.24, 2.45) is 0 Å². The van der Waals surface area contributed by atoms with Gasteiger partial charge >= 0.3 is 0 Å². The van der Waals surface area contributed by atoms with Gasteiger partial charge in [-0.3, -0.25) is 0 Å². The van der Waals surface area contributed by atoms with E-state index in [-0.39, 0.29) is 5.75 Å². The molecular formula is C12H16N2O2S. The summed E-state index contributed by atoms with van der Waals surface area (Å²) < 4.78 is 25.2. The summed E-state index contributed by atoms with van der Waals surface area (Å²) in [6, 6.07) is 8.51. The average Bonchev–Trinajstić information content (AvgIpc) is 2.36. The van der Waals surface area contributed by atoms with Crippen LogP contribution >= 0.6 is 0 Å². The Morgan fingerprint density at radius 1 is 1.29 bits per heavy atom. The van der Waals surface area contributed by atoms with Crippen molar-refractivity contribution in [3.8, 4) is 6.07 Å². The molecule has 1 N–H and O–H groups in total. The van der Waals surface area contributed by atoms with Crippen LogP contribution in [0.15, 0.2) is 24.3 Å². The van der Waals surface area contributed by atoms with E-state index in [0.29, 0.717) is 5.56 Å². The first kappa shape index (κ1) is 13.7. The lowest BCUT2D eigenvalue weighted by Gasteiger charge is -2.11. The minimum atomic E-state index is -3.37. The maximum Gasteiger partial charge on any atom is 0.212 e. The maximum atomic E-state index is 11.4. The molecule has 1 unspecified atom stereocenters. The highest BCUT2D eigenvalue weighted by atomic mass is 32.2. The topological polar surface area (TPSA) is 70.0 Å². The van der Waals surface area contributed by atoms with Crippen LogP contribution in [0, 0.1) is 11.3 Å². The second-order valence-electron chi connectivity index (χ2n) is 3.68. The van der Waals surface area contributed by atoms with Gasteiger partial charge in [0.2, 0.25) is 10.0 Å². The standard InChI is InChI=1S/C12H16N2O2S/c1-3-10-5-7-11(8-6-10)12(9-13)14-17(15,16)4-2/h5-8,12,14H,3-4H2,1-2H3. The molecule has 0 spiro atoms. The zero-order valence-corrected chi connectivity index (χ0v) is 10.8. The molecule has 4 nitrogen and oxygen atoms in total. The van der Waals surface area contributed by atoms with Gasteiger partial charge in [0, 0.05) is 0 Å². The van der Waals surface area contributed by atoms with E-state index in [0.717, 1.165) is 12.0 Å². The molecule has 0 heterocycles. The van der Waals surface area contributed by atoms with Crippen LogP contribution in [-0.4, -0.2) is 14.2 Å². The fourth-order valence-corrected chi connectivity index (χ4v) is 2.09. The Kier molecular flexibility index (Phi) is 4.67. The second kappa shape index (κ2) is 5.80. The summed E-state index contributed by atoms with van der Waals surface area (Å²) in [6.07, 6.45) is 0.915. The van der Waals surface area contributed by atoms with Crippen LogP contribution in [0.1, 0.15) is 31.0 Å². The van der Waals surface area contributed by atoms with E-state index in [4.69, 9.17) is 5.26 Å². The van der Waals surface area contributed by atoms with E-state index in [1.54, 1.807) is 12.1 Å². The quantitative estimate of drug-likeness (QED) is 0.868. The molecule has 17 heavy (non-hydrogen) atoms. The van der Waals surface area contributed by atoms with Crippen LogP contribution in [-0.2, 0) is 16.4 Å². The molecule has 1 aromatic rings. The summed E-state index contributed by atoms with van der Waals surface area (Å²) in [5.41, 5.74) is 1.82. The van der Waals surface area contributed by atoms with Gasteiger partial charge in [-0.1, -0.05) is 31.2 Å². The monoisotopic (exact) mass is 252 g/mol. The lowest BCUT2D eigenvalue weighted by Crippen LogP contribution is -2.29. The van der Waals surface area contributed by atoms with Crippen LogP contribution in [0.25, 0.3) is 0 Å². The zero-order chi connectivity index (χ0) is 12.9. The van der Waals surface area contributed by atoms with Crippen molar-refractivity contribution >= 4 is 10.0 Å². The van der Waals surface area contributed by atoms with E-state index in [2.05, 4.69) is 4.72 Å². The van der Waals surface area contributed by atoms with Gasteiger partial charge in [0.1, 0.15) is 6.04 Å². The first-order valence-electron chi connectivity index (χ1n) is 5.50. The molecule has 0 fully saturated rings. The highest BCUT2D eigenvalue weighted by Crippen LogP contribution is 2.14. The maximum absolute atomic E-state index is 11.4. The molecule has 0 aromatic heterocycles. The molecule has 0 aliphatic rings. The van der Waals surface area contributed by atoms with Gasteiger partial charge in [0.05, 0.1) is 11.8 Å². The zero-order valence-electron chi connectivity index (χ0n) is 9.97. The van der Waals surface area contributed by atoms with Crippen molar-refractivity contribution in [1.29, 1.82) is 5.26 Å². The predicted molar refractivity (Wildman–Crippen MR) is 66.8 cm³/mol. The first-order valence-corrected chi connectivity index (χ1v) is 7.16. The largest absolute Gasteiger partial charge is 0.212 e. The third kappa shape index (κ3) is 3.84. The minimum Gasteiger partial charge on any atom is -0.212 e. The number of hydrogen-bond acceptors (Lipinski definition) is 3. The molecule has 5 heteroatoms. The van der Waals surface area contributed by atoms with E-state index in [1.165, 1.54) is 6.92 Å². The molecular weight excluding hydrogens is 236 g/mol. The highest BCUT2D eigenvalue weighted by Gasteiger charge is 2.17. The summed E-state index contributed by atoms with van der Waals surface area (Å²) in [6.45, 7) is 3.58. The Morgan fingerprint density at radius 2 is 1.88 bits per heavy atom. The molecule has 0 amide bonds. The second-order valence-corrected chi connectivity index (χ2v) is 5.72. The molecule has 1 aromatic carbocycles. The normalized spacial score (nSPS) is 13.0. The fourth-order valence-electron chi connectivity index (χ4n) is 1.38. The Balaban J connectivity index is 2.91. The summed E-state index contributed by atoms with van der Waals surface area (Å²) >= 11 is 0. The number of benzene rings is 1. The van der Waals surface area contributed by atoms with E-state index >= 15 is 0 Å². The fraction of sp³-hybridized carbons (Fsp3) is 0.417. The first-order chi connectivity index (χ1) is 8.02. The Hall–Kier alpha value is -1.38. The number of nitrogens with zero attached hydrogens (tertiary/aromatic N) is 1. The lowest BCUT2D eigenvalue weighted by atomic mass is 10.1. The van der Waals surface area contributed by atoms with Crippen molar-refractivity contribution in [2.45, 2.75) is 26.3 Å². The van der Waals surface area contributed by atoms with Gasteiger partial charge in [0.15, 0.2) is 0 Å². The van der Waals surface area contributed by atoms with Crippen LogP contribution in [0.3, 0.4) is 0 Å². The number of nitriles is 1. The van der Waals surface area contributed by atoms with Crippen LogP contribution < -0.4 is 4.72 Å². The Bertz CT molecular complexity index is 500. The number of rotatable bonds is 5. The summed E-state index contributed by atoms with van der Waals surface area (Å²) in [7, 11) is -3.37. The Labute approximate surface area is 102 Å². The summed E-state index contributed by atoms with van der Waals surface area (Å²) in [5.74, 6) is -0.0295. The predicted octanol–water partition coefficient (Wildman–Crippen LogP) is 1.75. The van der Waals surface area contributed by atoms with Crippen molar-refractivity contribution in [2.75, 3.05) is 5.75 Å². The summed E-state index contributed by atoms with van der Waals surface area (Å²) in [5, 5.41) is 8.99. The molecule has 0 aliphatic carbocycles. The van der Waals surface area contributed by atoms with Crippen molar-refractivity contribution in [3.05, 3.63) is 35.4 Å². The highest BCUT2D eigenvalue weighted by molar-refractivity contribution is 7.89. The molecule has 92 valence electrons. The number of sulfonamides is 1. The van der Waals surface area contributed by atoms with E-state index in [1.807, 2.05) is 25.1 Å². The summed E-state index contributed by atoms with van der Waals surface area (Å²) in [4.78, 5) is 0. The molecule has 1 rings (SSSR count). The third-order valence-electron chi connectivity index (χ3n) is 2.53. The van der Waals surface area contributed by atoms with Gasteiger partial charge in [0.25, 0.3) is 0 Å². The smallest absolute Gasteiger partial charge is 0.212 e. The molecule has 0 saturated heterocycles. The molecule has 0 radical (unpaired) electrons. The van der Waals surface area contributed by atoms with Gasteiger partial charge in [-0.25, -0.2) is 8.42 Å². The third-order valence-corrected chi connectivity index (χ3v) is 3.88.